The van der Waals surface area contributed by atoms with E-state index in [0.717, 1.165) is 10.7 Å². The van der Waals surface area contributed by atoms with Crippen molar-refractivity contribution in [3.8, 4) is 11.6 Å². The number of hydrogen-bond acceptors (Lipinski definition) is 3. The SMILES string of the molecule is Fc1cnc(Oc2ccc(Cl)cc2Br)c(CNC2CC2)c1. The van der Waals surface area contributed by atoms with E-state index in [1.54, 1.807) is 18.2 Å². The van der Waals surface area contributed by atoms with Crippen LogP contribution in [-0.2, 0) is 6.54 Å². The maximum atomic E-state index is 13.4. The van der Waals surface area contributed by atoms with E-state index in [0.29, 0.717) is 34.8 Å². The lowest BCUT2D eigenvalue weighted by atomic mass is 10.2. The third-order valence-electron chi connectivity index (χ3n) is 3.15. The summed E-state index contributed by atoms with van der Waals surface area (Å²) in [6, 6.07) is 7.19. The molecule has 1 N–H and O–H groups in total. The van der Waals surface area contributed by atoms with Crippen molar-refractivity contribution in [3.05, 3.63) is 51.3 Å². The van der Waals surface area contributed by atoms with Gasteiger partial charge in [-0.15, -0.1) is 0 Å². The van der Waals surface area contributed by atoms with E-state index >= 15 is 0 Å². The summed E-state index contributed by atoms with van der Waals surface area (Å²) in [4.78, 5) is 4.04. The Labute approximate surface area is 135 Å². The summed E-state index contributed by atoms with van der Waals surface area (Å²) in [6.07, 6.45) is 3.49. The molecule has 0 bridgehead atoms. The van der Waals surface area contributed by atoms with E-state index in [4.69, 9.17) is 16.3 Å². The van der Waals surface area contributed by atoms with Gasteiger partial charge in [0.15, 0.2) is 0 Å². The molecule has 0 unspecified atom stereocenters. The predicted octanol–water partition coefficient (Wildman–Crippen LogP) is 4.68. The molecule has 21 heavy (non-hydrogen) atoms. The number of nitrogens with one attached hydrogen (secondary N) is 1. The van der Waals surface area contributed by atoms with Crippen molar-refractivity contribution < 1.29 is 9.13 Å². The van der Waals surface area contributed by atoms with E-state index in [2.05, 4.69) is 26.2 Å². The summed E-state index contributed by atoms with van der Waals surface area (Å²) in [5.74, 6) is 0.615. The summed E-state index contributed by atoms with van der Waals surface area (Å²) in [5.41, 5.74) is 0.698. The van der Waals surface area contributed by atoms with Crippen LogP contribution in [0.4, 0.5) is 4.39 Å². The van der Waals surface area contributed by atoms with Crippen molar-refractivity contribution in [1.29, 1.82) is 0 Å². The Bertz CT molecular complexity index is 664. The number of benzene rings is 1. The first-order chi connectivity index (χ1) is 10.1. The van der Waals surface area contributed by atoms with E-state index in [9.17, 15) is 4.39 Å². The van der Waals surface area contributed by atoms with Gasteiger partial charge in [0.25, 0.3) is 0 Å². The molecular weight excluding hydrogens is 359 g/mol. The molecule has 1 fully saturated rings. The highest BCUT2D eigenvalue weighted by molar-refractivity contribution is 9.10. The zero-order valence-corrected chi connectivity index (χ0v) is 13.4. The minimum atomic E-state index is -0.370. The van der Waals surface area contributed by atoms with Crippen LogP contribution in [0.1, 0.15) is 18.4 Å². The second kappa shape index (κ2) is 6.30. The second-order valence-electron chi connectivity index (χ2n) is 4.95. The van der Waals surface area contributed by atoms with Crippen molar-refractivity contribution in [2.24, 2.45) is 0 Å². The third-order valence-corrected chi connectivity index (χ3v) is 4.01. The van der Waals surface area contributed by atoms with Gasteiger partial charge in [-0.05, 0) is 53.0 Å². The molecule has 0 atom stereocenters. The summed E-state index contributed by atoms with van der Waals surface area (Å²) in [7, 11) is 0. The summed E-state index contributed by atoms with van der Waals surface area (Å²) >= 11 is 9.29. The molecule has 110 valence electrons. The van der Waals surface area contributed by atoms with E-state index < -0.39 is 0 Å². The fourth-order valence-corrected chi connectivity index (χ4v) is 2.65. The number of rotatable bonds is 5. The second-order valence-corrected chi connectivity index (χ2v) is 6.24. The molecule has 1 aliphatic rings. The fourth-order valence-electron chi connectivity index (χ4n) is 1.89. The van der Waals surface area contributed by atoms with Gasteiger partial charge >= 0.3 is 0 Å². The largest absolute Gasteiger partial charge is 0.438 e. The topological polar surface area (TPSA) is 34.1 Å². The van der Waals surface area contributed by atoms with Crippen LogP contribution in [0.2, 0.25) is 5.02 Å². The molecule has 0 radical (unpaired) electrons. The number of hydrogen-bond donors (Lipinski definition) is 1. The smallest absolute Gasteiger partial charge is 0.223 e. The lowest BCUT2D eigenvalue weighted by molar-refractivity contribution is 0.445. The van der Waals surface area contributed by atoms with Gasteiger partial charge in [0.05, 0.1) is 10.7 Å². The van der Waals surface area contributed by atoms with Crippen molar-refractivity contribution in [3.63, 3.8) is 0 Å². The van der Waals surface area contributed by atoms with Crippen LogP contribution in [0.5, 0.6) is 11.6 Å². The standard InChI is InChI=1S/C15H13BrClFN2O/c16-13-6-10(17)1-4-14(13)21-15-9(5-11(18)8-20-15)7-19-12-2-3-12/h1,4-6,8,12,19H,2-3,7H2. The Hall–Kier alpha value is -1.17. The highest BCUT2D eigenvalue weighted by Crippen LogP contribution is 2.32. The molecular formula is C15H13BrClFN2O. The van der Waals surface area contributed by atoms with Crippen LogP contribution in [0, 0.1) is 5.82 Å². The van der Waals surface area contributed by atoms with E-state index in [1.165, 1.54) is 18.9 Å². The van der Waals surface area contributed by atoms with Crippen LogP contribution in [0.25, 0.3) is 0 Å². The van der Waals surface area contributed by atoms with Crippen LogP contribution in [-0.4, -0.2) is 11.0 Å². The van der Waals surface area contributed by atoms with Gasteiger partial charge in [-0.2, -0.15) is 0 Å². The van der Waals surface area contributed by atoms with Gasteiger partial charge in [-0.3, -0.25) is 0 Å². The summed E-state index contributed by atoms with van der Waals surface area (Å²) < 4.78 is 19.9. The molecule has 6 heteroatoms. The Morgan fingerprint density at radius 1 is 1.38 bits per heavy atom. The first-order valence-electron chi connectivity index (χ1n) is 6.62. The number of pyridine rings is 1. The molecule has 3 nitrogen and oxygen atoms in total. The molecule has 0 saturated heterocycles. The van der Waals surface area contributed by atoms with E-state index in [1.807, 2.05) is 0 Å². The van der Waals surface area contributed by atoms with Gasteiger partial charge in [0.1, 0.15) is 11.6 Å². The van der Waals surface area contributed by atoms with Gasteiger partial charge < -0.3 is 10.1 Å². The monoisotopic (exact) mass is 370 g/mol. The highest BCUT2D eigenvalue weighted by atomic mass is 79.9. The Kier molecular flexibility index (Phi) is 4.42. The van der Waals surface area contributed by atoms with E-state index in [-0.39, 0.29) is 5.82 Å². The van der Waals surface area contributed by atoms with Crippen LogP contribution >= 0.6 is 27.5 Å². The number of nitrogens with zero attached hydrogens (tertiary/aromatic N) is 1. The van der Waals surface area contributed by atoms with Crippen LogP contribution < -0.4 is 10.1 Å². The molecule has 1 saturated carbocycles. The minimum absolute atomic E-state index is 0.370. The molecule has 0 aliphatic heterocycles. The van der Waals surface area contributed by atoms with Crippen molar-refractivity contribution in [2.75, 3.05) is 0 Å². The first kappa shape index (κ1) is 14.8. The van der Waals surface area contributed by atoms with Crippen molar-refractivity contribution in [1.82, 2.24) is 10.3 Å². The minimum Gasteiger partial charge on any atom is -0.438 e. The zero-order valence-electron chi connectivity index (χ0n) is 11.1. The normalized spacial score (nSPS) is 14.2. The quantitative estimate of drug-likeness (QED) is 0.828. The number of ether oxygens (including phenoxy) is 1. The van der Waals surface area contributed by atoms with Crippen molar-refractivity contribution in [2.45, 2.75) is 25.4 Å². The van der Waals surface area contributed by atoms with Crippen molar-refractivity contribution >= 4 is 27.5 Å². The zero-order chi connectivity index (χ0) is 14.8. The maximum absolute atomic E-state index is 13.4. The Balaban J connectivity index is 1.82. The Morgan fingerprint density at radius 3 is 2.90 bits per heavy atom. The van der Waals surface area contributed by atoms with Gasteiger partial charge in [-0.1, -0.05) is 11.6 Å². The lowest BCUT2D eigenvalue weighted by Crippen LogP contribution is -2.16. The molecule has 1 heterocycles. The fraction of sp³-hybridized carbons (Fsp3) is 0.267. The van der Waals surface area contributed by atoms with Gasteiger partial charge in [0.2, 0.25) is 5.88 Å². The van der Waals surface area contributed by atoms with Crippen LogP contribution in [0.15, 0.2) is 34.9 Å². The van der Waals surface area contributed by atoms with Gasteiger partial charge in [-0.25, -0.2) is 9.37 Å². The highest BCUT2D eigenvalue weighted by Gasteiger charge is 2.21. The average Bonchev–Trinajstić information content (AvgIpc) is 3.26. The molecule has 0 spiro atoms. The first-order valence-corrected chi connectivity index (χ1v) is 7.79. The molecule has 1 aromatic heterocycles. The third kappa shape index (κ3) is 3.93. The Morgan fingerprint density at radius 2 is 2.19 bits per heavy atom. The molecule has 1 aromatic carbocycles. The predicted molar refractivity (Wildman–Crippen MR) is 83.3 cm³/mol. The average molecular weight is 372 g/mol. The number of halogens is 3. The maximum Gasteiger partial charge on any atom is 0.223 e. The molecule has 2 aromatic rings. The van der Waals surface area contributed by atoms with Crippen LogP contribution in [0.3, 0.4) is 0 Å². The number of aromatic nitrogens is 1. The lowest BCUT2D eigenvalue weighted by Gasteiger charge is -2.12. The molecule has 3 rings (SSSR count). The van der Waals surface area contributed by atoms with Gasteiger partial charge in [0, 0.05) is 23.2 Å². The molecule has 1 aliphatic carbocycles. The summed E-state index contributed by atoms with van der Waals surface area (Å²) in [6.45, 7) is 0.538. The molecule has 0 amide bonds. The summed E-state index contributed by atoms with van der Waals surface area (Å²) in [5, 5.41) is 3.94.